The number of ether oxygens (including phenoxy) is 4. The fraction of sp³-hybridized carbons (Fsp3) is 0.455. The molecule has 32 heavy (non-hydrogen) atoms. The van der Waals surface area contributed by atoms with E-state index in [1.807, 2.05) is 12.1 Å². The molecular formula is C22H29N3O7. The number of aliphatic hydroxyl groups is 1. The lowest BCUT2D eigenvalue weighted by Gasteiger charge is -2.37. The molecule has 0 radical (unpaired) electrons. The Morgan fingerprint density at radius 3 is 2.19 bits per heavy atom. The van der Waals surface area contributed by atoms with Crippen LogP contribution in [-0.4, -0.2) is 81.7 Å². The molecule has 1 atom stereocenters. The number of nitrogens with zero attached hydrogens (tertiary/aromatic N) is 3. The summed E-state index contributed by atoms with van der Waals surface area (Å²) in [4.78, 5) is 14.6. The smallest absolute Gasteiger partial charge is 0.269 e. The van der Waals surface area contributed by atoms with Gasteiger partial charge >= 0.3 is 0 Å². The predicted octanol–water partition coefficient (Wildman–Crippen LogP) is 2.18. The van der Waals surface area contributed by atoms with Crippen LogP contribution in [0.25, 0.3) is 0 Å². The number of nitro benzene ring substituents is 1. The first-order valence-electron chi connectivity index (χ1n) is 10.3. The minimum absolute atomic E-state index is 0.00174. The van der Waals surface area contributed by atoms with Crippen molar-refractivity contribution in [3.05, 3.63) is 46.5 Å². The largest absolute Gasteiger partial charge is 0.493 e. The van der Waals surface area contributed by atoms with Gasteiger partial charge in [-0.15, -0.1) is 0 Å². The van der Waals surface area contributed by atoms with Gasteiger partial charge in [0.1, 0.15) is 18.5 Å². The quantitative estimate of drug-likeness (QED) is 0.433. The van der Waals surface area contributed by atoms with E-state index >= 15 is 0 Å². The molecule has 1 unspecified atom stereocenters. The van der Waals surface area contributed by atoms with Crippen LogP contribution in [0, 0.1) is 10.1 Å². The molecule has 1 fully saturated rings. The first-order chi connectivity index (χ1) is 15.5. The van der Waals surface area contributed by atoms with E-state index in [9.17, 15) is 15.2 Å². The van der Waals surface area contributed by atoms with Crippen molar-refractivity contribution in [3.63, 3.8) is 0 Å². The minimum Gasteiger partial charge on any atom is -0.493 e. The number of aliphatic hydroxyl groups excluding tert-OH is 1. The third-order valence-corrected chi connectivity index (χ3v) is 5.36. The number of non-ortho nitro benzene ring substituents is 1. The van der Waals surface area contributed by atoms with Crippen LogP contribution in [-0.2, 0) is 0 Å². The van der Waals surface area contributed by atoms with Crippen molar-refractivity contribution < 1.29 is 29.0 Å². The summed E-state index contributed by atoms with van der Waals surface area (Å²) in [6.07, 6.45) is -0.674. The van der Waals surface area contributed by atoms with Crippen molar-refractivity contribution in [2.75, 3.05) is 65.6 Å². The molecule has 2 aromatic rings. The van der Waals surface area contributed by atoms with Crippen LogP contribution in [0.4, 0.5) is 11.4 Å². The Labute approximate surface area is 187 Å². The molecule has 1 aliphatic heterocycles. The van der Waals surface area contributed by atoms with Gasteiger partial charge in [-0.05, 0) is 24.3 Å². The molecule has 1 N–H and O–H groups in total. The molecular weight excluding hydrogens is 418 g/mol. The zero-order valence-electron chi connectivity index (χ0n) is 18.5. The average molecular weight is 447 g/mol. The van der Waals surface area contributed by atoms with Gasteiger partial charge in [0.2, 0.25) is 5.75 Å². The monoisotopic (exact) mass is 447 g/mol. The van der Waals surface area contributed by atoms with Gasteiger partial charge in [0.05, 0.1) is 31.9 Å². The van der Waals surface area contributed by atoms with E-state index in [0.29, 0.717) is 29.5 Å². The van der Waals surface area contributed by atoms with Crippen molar-refractivity contribution in [3.8, 4) is 23.0 Å². The highest BCUT2D eigenvalue weighted by Gasteiger charge is 2.24. The maximum absolute atomic E-state index is 10.7. The second kappa shape index (κ2) is 10.9. The van der Waals surface area contributed by atoms with E-state index in [-0.39, 0.29) is 12.3 Å². The van der Waals surface area contributed by atoms with Gasteiger partial charge in [-0.25, -0.2) is 0 Å². The van der Waals surface area contributed by atoms with E-state index in [2.05, 4.69) is 9.80 Å². The van der Waals surface area contributed by atoms with Crippen LogP contribution in [0.3, 0.4) is 0 Å². The standard InChI is InChI=1S/C22H29N3O7/c1-29-20-9-8-19(21(30-2)22(20)31-3)24-12-10-23(11-13-24)14-17(26)15-32-18-6-4-16(5-7-18)25(27)28/h4-9,17,26H,10-15H2,1-3H3. The lowest BCUT2D eigenvalue weighted by atomic mass is 10.2. The molecule has 10 heteroatoms. The third-order valence-electron chi connectivity index (χ3n) is 5.36. The van der Waals surface area contributed by atoms with Crippen molar-refractivity contribution in [2.24, 2.45) is 0 Å². The topological polar surface area (TPSA) is 107 Å². The number of β-amino-alcohol motifs (C(OH)–C–C–N with tert-alkyl or cyclic N) is 1. The molecule has 2 aromatic carbocycles. The third kappa shape index (κ3) is 5.51. The number of methoxy groups -OCH3 is 3. The Morgan fingerprint density at radius 2 is 1.62 bits per heavy atom. The molecule has 1 aliphatic rings. The van der Waals surface area contributed by atoms with Crippen molar-refractivity contribution in [2.45, 2.75) is 6.10 Å². The van der Waals surface area contributed by atoms with Crippen LogP contribution in [0.2, 0.25) is 0 Å². The summed E-state index contributed by atoms with van der Waals surface area (Å²) in [7, 11) is 4.78. The van der Waals surface area contributed by atoms with Crippen LogP contribution < -0.4 is 23.8 Å². The van der Waals surface area contributed by atoms with E-state index in [1.54, 1.807) is 21.3 Å². The van der Waals surface area contributed by atoms with E-state index in [4.69, 9.17) is 18.9 Å². The molecule has 0 amide bonds. The van der Waals surface area contributed by atoms with Gasteiger partial charge in [-0.1, -0.05) is 0 Å². The van der Waals surface area contributed by atoms with Gasteiger partial charge < -0.3 is 29.0 Å². The Hall–Kier alpha value is -3.24. The van der Waals surface area contributed by atoms with Crippen LogP contribution >= 0.6 is 0 Å². The van der Waals surface area contributed by atoms with Crippen LogP contribution in [0.1, 0.15) is 0 Å². The van der Waals surface area contributed by atoms with Gasteiger partial charge in [-0.2, -0.15) is 0 Å². The summed E-state index contributed by atoms with van der Waals surface area (Å²) in [5, 5.41) is 21.1. The molecule has 174 valence electrons. The van der Waals surface area contributed by atoms with Crippen LogP contribution in [0.5, 0.6) is 23.0 Å². The number of benzene rings is 2. The van der Waals surface area contributed by atoms with Gasteiger partial charge in [0.25, 0.3) is 5.69 Å². The summed E-state index contributed by atoms with van der Waals surface area (Å²) in [5.41, 5.74) is 0.939. The lowest BCUT2D eigenvalue weighted by molar-refractivity contribution is -0.384. The summed E-state index contributed by atoms with van der Waals surface area (Å²) in [6.45, 7) is 3.66. The van der Waals surface area contributed by atoms with Crippen molar-refractivity contribution >= 4 is 11.4 Å². The highest BCUT2D eigenvalue weighted by molar-refractivity contribution is 5.69. The van der Waals surface area contributed by atoms with E-state index in [0.717, 1.165) is 31.9 Å². The minimum atomic E-state index is -0.674. The molecule has 3 rings (SSSR count). The summed E-state index contributed by atoms with van der Waals surface area (Å²) >= 11 is 0. The number of anilines is 1. The first-order valence-corrected chi connectivity index (χ1v) is 10.3. The number of rotatable bonds is 10. The molecule has 0 aliphatic carbocycles. The highest BCUT2D eigenvalue weighted by Crippen LogP contribution is 2.44. The Kier molecular flexibility index (Phi) is 7.96. The van der Waals surface area contributed by atoms with Gasteiger partial charge in [0.15, 0.2) is 11.5 Å². The Morgan fingerprint density at radius 1 is 0.969 bits per heavy atom. The predicted molar refractivity (Wildman–Crippen MR) is 119 cm³/mol. The number of hydrogen-bond donors (Lipinski definition) is 1. The second-order valence-electron chi connectivity index (χ2n) is 7.36. The fourth-order valence-electron chi connectivity index (χ4n) is 3.71. The SMILES string of the molecule is COc1ccc(N2CCN(CC(O)COc3ccc([N+](=O)[O-])cc3)CC2)c(OC)c1OC. The second-order valence-corrected chi connectivity index (χ2v) is 7.36. The Balaban J connectivity index is 1.51. The lowest BCUT2D eigenvalue weighted by Crippen LogP contribution is -2.49. The summed E-state index contributed by atoms with van der Waals surface area (Å²) < 4.78 is 22.0. The zero-order chi connectivity index (χ0) is 23.1. The molecule has 10 nitrogen and oxygen atoms in total. The maximum Gasteiger partial charge on any atom is 0.269 e. The molecule has 0 aromatic heterocycles. The van der Waals surface area contributed by atoms with E-state index in [1.165, 1.54) is 24.3 Å². The molecule has 1 heterocycles. The van der Waals surface area contributed by atoms with Gasteiger partial charge in [-0.3, -0.25) is 15.0 Å². The van der Waals surface area contributed by atoms with Crippen molar-refractivity contribution in [1.29, 1.82) is 0 Å². The molecule has 0 spiro atoms. The van der Waals surface area contributed by atoms with E-state index < -0.39 is 11.0 Å². The number of hydrogen-bond acceptors (Lipinski definition) is 9. The zero-order valence-corrected chi connectivity index (χ0v) is 18.5. The normalized spacial score (nSPS) is 15.2. The molecule has 1 saturated heterocycles. The Bertz CT molecular complexity index is 899. The molecule has 0 bridgehead atoms. The first kappa shape index (κ1) is 23.4. The van der Waals surface area contributed by atoms with Crippen molar-refractivity contribution in [1.82, 2.24) is 4.90 Å². The number of piperazine rings is 1. The summed E-state index contributed by atoms with van der Waals surface area (Å²) in [6, 6.07) is 9.64. The molecule has 0 saturated carbocycles. The fourth-order valence-corrected chi connectivity index (χ4v) is 3.71. The van der Waals surface area contributed by atoms with Gasteiger partial charge in [0, 0.05) is 44.9 Å². The van der Waals surface area contributed by atoms with Crippen LogP contribution in [0.15, 0.2) is 36.4 Å². The summed E-state index contributed by atoms with van der Waals surface area (Å²) in [5.74, 6) is 2.30. The average Bonchev–Trinajstić information content (AvgIpc) is 2.82. The number of nitro groups is 1. The highest BCUT2D eigenvalue weighted by atomic mass is 16.6. The maximum atomic E-state index is 10.7.